The molecule has 0 bridgehead atoms. The van der Waals surface area contributed by atoms with Crippen LogP contribution in [-0.2, 0) is 4.79 Å². The minimum absolute atomic E-state index is 0.210. The summed E-state index contributed by atoms with van der Waals surface area (Å²) in [5.41, 5.74) is 7.45. The number of carbonyl (C=O) groups excluding carboxylic acids is 2. The second-order valence-corrected chi connectivity index (χ2v) is 6.92. The molecular weight excluding hydrogens is 388 g/mol. The fourth-order valence-corrected chi connectivity index (χ4v) is 2.64. The van der Waals surface area contributed by atoms with Crippen molar-refractivity contribution in [1.82, 2.24) is 16.2 Å². The van der Waals surface area contributed by atoms with Gasteiger partial charge in [-0.25, -0.2) is 0 Å². The van der Waals surface area contributed by atoms with Crippen LogP contribution in [-0.4, -0.2) is 30.1 Å². The monoisotopic (exact) mass is 414 g/mol. The summed E-state index contributed by atoms with van der Waals surface area (Å²) in [5.74, 6) is 0.0886. The molecule has 0 heterocycles. The summed E-state index contributed by atoms with van der Waals surface area (Å²) >= 11 is 5.16. The molecule has 0 radical (unpaired) electrons. The van der Waals surface area contributed by atoms with Crippen molar-refractivity contribution >= 4 is 34.8 Å². The van der Waals surface area contributed by atoms with E-state index in [0.717, 1.165) is 5.69 Å². The Bertz CT molecular complexity index is 853. The van der Waals surface area contributed by atoms with E-state index in [0.29, 0.717) is 23.8 Å². The van der Waals surface area contributed by atoms with Gasteiger partial charge in [-0.1, -0.05) is 38.1 Å². The highest BCUT2D eigenvalue weighted by molar-refractivity contribution is 7.80. The van der Waals surface area contributed by atoms with Gasteiger partial charge in [0, 0.05) is 5.69 Å². The average Bonchev–Trinajstić information content (AvgIpc) is 2.71. The Labute approximate surface area is 176 Å². The Morgan fingerprint density at radius 1 is 1.03 bits per heavy atom. The summed E-state index contributed by atoms with van der Waals surface area (Å²) < 4.78 is 5.42. The van der Waals surface area contributed by atoms with Gasteiger partial charge in [-0.05, 0) is 54.9 Å². The number of carbonyl (C=O) groups is 2. The van der Waals surface area contributed by atoms with E-state index in [1.165, 1.54) is 5.56 Å². The van der Waals surface area contributed by atoms with Crippen molar-refractivity contribution in [1.29, 1.82) is 0 Å². The van der Waals surface area contributed by atoms with Crippen molar-refractivity contribution < 1.29 is 14.3 Å². The minimum atomic E-state index is -0.438. The number of thiocarbonyl (C=S) groups is 1. The van der Waals surface area contributed by atoms with E-state index in [4.69, 9.17) is 17.0 Å². The molecule has 0 fully saturated rings. The average molecular weight is 415 g/mol. The lowest BCUT2D eigenvalue weighted by molar-refractivity contribution is -0.120. The Balaban J connectivity index is 1.76. The van der Waals surface area contributed by atoms with E-state index in [1.54, 1.807) is 24.3 Å². The lowest BCUT2D eigenvalue weighted by Gasteiger charge is -2.13. The first-order valence-corrected chi connectivity index (χ1v) is 9.77. The number of para-hydroxylation sites is 1. The predicted molar refractivity (Wildman–Crippen MR) is 118 cm³/mol. The Morgan fingerprint density at radius 2 is 1.72 bits per heavy atom. The topological polar surface area (TPSA) is 91.5 Å². The van der Waals surface area contributed by atoms with E-state index >= 15 is 0 Å². The number of ether oxygens (including phenoxy) is 1. The van der Waals surface area contributed by atoms with Crippen LogP contribution in [0.3, 0.4) is 0 Å². The standard InChI is InChI=1S/C21H26N4O3S/c1-4-28-18-8-6-5-7-17(18)20(27)22-13-19(26)24-25-21(29)23-16-11-9-15(10-12-16)14(2)3/h5-12,14H,4,13H2,1-3H3,(H,22,27)(H,24,26)(H2,23,25,29). The van der Waals surface area contributed by atoms with Crippen LogP contribution in [0, 0.1) is 0 Å². The first kappa shape index (κ1) is 22.2. The second kappa shape index (κ2) is 11.0. The highest BCUT2D eigenvalue weighted by atomic mass is 32.1. The molecule has 0 unspecified atom stereocenters. The molecule has 8 heteroatoms. The van der Waals surface area contributed by atoms with Crippen LogP contribution in [0.15, 0.2) is 48.5 Å². The number of amides is 2. The Kier molecular flexibility index (Phi) is 8.42. The molecule has 0 aliphatic rings. The van der Waals surface area contributed by atoms with Crippen LogP contribution in [0.4, 0.5) is 5.69 Å². The van der Waals surface area contributed by atoms with Crippen molar-refractivity contribution in [2.24, 2.45) is 0 Å². The van der Waals surface area contributed by atoms with Crippen molar-refractivity contribution in [3.63, 3.8) is 0 Å². The Morgan fingerprint density at radius 3 is 2.38 bits per heavy atom. The second-order valence-electron chi connectivity index (χ2n) is 6.52. The van der Waals surface area contributed by atoms with E-state index in [-0.39, 0.29) is 11.7 Å². The third kappa shape index (κ3) is 7.08. The highest BCUT2D eigenvalue weighted by Crippen LogP contribution is 2.18. The first-order chi connectivity index (χ1) is 13.9. The van der Waals surface area contributed by atoms with Crippen LogP contribution in [0.5, 0.6) is 5.75 Å². The summed E-state index contributed by atoms with van der Waals surface area (Å²) in [7, 11) is 0. The molecule has 2 aromatic rings. The number of rotatable bonds is 7. The molecule has 0 aliphatic heterocycles. The summed E-state index contributed by atoms with van der Waals surface area (Å²) in [4.78, 5) is 24.2. The van der Waals surface area contributed by atoms with Crippen molar-refractivity contribution in [2.45, 2.75) is 26.7 Å². The number of hydrazine groups is 1. The molecule has 0 spiro atoms. The lowest BCUT2D eigenvalue weighted by atomic mass is 10.0. The van der Waals surface area contributed by atoms with Crippen LogP contribution in [0.25, 0.3) is 0 Å². The fraction of sp³-hybridized carbons (Fsp3) is 0.286. The third-order valence-corrected chi connectivity index (χ3v) is 4.20. The highest BCUT2D eigenvalue weighted by Gasteiger charge is 2.13. The quantitative estimate of drug-likeness (QED) is 0.411. The summed E-state index contributed by atoms with van der Waals surface area (Å²) in [6, 6.07) is 14.7. The minimum Gasteiger partial charge on any atom is -0.493 e. The van der Waals surface area contributed by atoms with Crippen LogP contribution < -0.4 is 26.2 Å². The number of benzene rings is 2. The molecule has 0 saturated carbocycles. The molecule has 4 N–H and O–H groups in total. The van der Waals surface area contributed by atoms with Crippen LogP contribution in [0.1, 0.15) is 42.6 Å². The van der Waals surface area contributed by atoms with Gasteiger partial charge >= 0.3 is 0 Å². The normalized spacial score (nSPS) is 10.2. The molecule has 2 rings (SSSR count). The molecule has 2 amide bonds. The maximum absolute atomic E-state index is 12.3. The van der Waals surface area contributed by atoms with Gasteiger partial charge in [0.25, 0.3) is 11.8 Å². The molecule has 29 heavy (non-hydrogen) atoms. The van der Waals surface area contributed by atoms with Crippen LogP contribution >= 0.6 is 12.2 Å². The maximum atomic E-state index is 12.3. The van der Waals surface area contributed by atoms with Crippen molar-refractivity contribution in [2.75, 3.05) is 18.5 Å². The summed E-state index contributed by atoms with van der Waals surface area (Å²) in [6.07, 6.45) is 0. The summed E-state index contributed by atoms with van der Waals surface area (Å²) in [5, 5.41) is 5.77. The zero-order chi connectivity index (χ0) is 21.2. The molecule has 0 aliphatic carbocycles. The van der Waals surface area contributed by atoms with E-state index in [9.17, 15) is 9.59 Å². The van der Waals surface area contributed by atoms with Crippen LogP contribution in [0.2, 0.25) is 0 Å². The smallest absolute Gasteiger partial charge is 0.257 e. The number of nitrogens with one attached hydrogen (secondary N) is 4. The maximum Gasteiger partial charge on any atom is 0.257 e. The van der Waals surface area contributed by atoms with Gasteiger partial charge in [-0.3, -0.25) is 20.4 Å². The zero-order valence-electron chi connectivity index (χ0n) is 16.7. The molecule has 154 valence electrons. The van der Waals surface area contributed by atoms with Gasteiger partial charge in [-0.15, -0.1) is 0 Å². The number of hydrogen-bond donors (Lipinski definition) is 4. The third-order valence-electron chi connectivity index (χ3n) is 3.99. The molecule has 0 saturated heterocycles. The van der Waals surface area contributed by atoms with Gasteiger partial charge in [-0.2, -0.15) is 0 Å². The molecule has 0 aromatic heterocycles. The molecular formula is C21H26N4O3S. The van der Waals surface area contributed by atoms with E-state index < -0.39 is 11.8 Å². The Hall–Kier alpha value is -3.13. The first-order valence-electron chi connectivity index (χ1n) is 9.36. The van der Waals surface area contributed by atoms with Gasteiger partial charge < -0.3 is 15.4 Å². The van der Waals surface area contributed by atoms with Gasteiger partial charge in [0.1, 0.15) is 5.75 Å². The SMILES string of the molecule is CCOc1ccccc1C(=O)NCC(=O)NNC(=S)Nc1ccc(C(C)C)cc1. The largest absolute Gasteiger partial charge is 0.493 e. The predicted octanol–water partition coefficient (Wildman–Crippen LogP) is 2.96. The number of hydrogen-bond acceptors (Lipinski definition) is 4. The van der Waals surface area contributed by atoms with Crippen molar-refractivity contribution in [3.8, 4) is 5.75 Å². The summed E-state index contributed by atoms with van der Waals surface area (Å²) in [6.45, 7) is 6.32. The van der Waals surface area contributed by atoms with E-state index in [2.05, 4.69) is 35.3 Å². The fourth-order valence-electron chi connectivity index (χ4n) is 2.48. The number of anilines is 1. The van der Waals surface area contributed by atoms with Gasteiger partial charge in [0.15, 0.2) is 5.11 Å². The van der Waals surface area contributed by atoms with Gasteiger partial charge in [0.2, 0.25) is 0 Å². The molecule has 0 atom stereocenters. The van der Waals surface area contributed by atoms with E-state index in [1.807, 2.05) is 31.2 Å². The lowest BCUT2D eigenvalue weighted by Crippen LogP contribution is -2.47. The zero-order valence-corrected chi connectivity index (χ0v) is 17.6. The molecule has 2 aromatic carbocycles. The van der Waals surface area contributed by atoms with Gasteiger partial charge in [0.05, 0.1) is 18.7 Å². The van der Waals surface area contributed by atoms with Crippen molar-refractivity contribution in [3.05, 3.63) is 59.7 Å². The molecule has 7 nitrogen and oxygen atoms in total.